The van der Waals surface area contributed by atoms with Gasteiger partial charge in [-0.2, -0.15) is 0 Å². The van der Waals surface area contributed by atoms with Crippen LogP contribution in [0.4, 0.5) is 0 Å². The van der Waals surface area contributed by atoms with Crippen LogP contribution < -0.4 is 0 Å². The maximum atomic E-state index is 12.6. The van der Waals surface area contributed by atoms with Gasteiger partial charge in [-0.05, 0) is 34.4 Å². The summed E-state index contributed by atoms with van der Waals surface area (Å²) < 4.78 is 51.2. The highest BCUT2D eigenvalue weighted by Gasteiger charge is 2.23. The fourth-order valence-corrected chi connectivity index (χ4v) is 5.31. The Labute approximate surface area is 140 Å². The van der Waals surface area contributed by atoms with Crippen molar-refractivity contribution in [3.05, 3.63) is 33.0 Å². The first kappa shape index (κ1) is 20.1. The van der Waals surface area contributed by atoms with Gasteiger partial charge in [0.25, 0.3) is 0 Å². The zero-order valence-electron chi connectivity index (χ0n) is 14.8. The van der Waals surface area contributed by atoms with E-state index in [-0.39, 0.29) is 22.6 Å². The topological polar surface area (TPSA) is 82.4 Å². The lowest BCUT2D eigenvalue weighted by Crippen LogP contribution is -2.14. The Balaban J connectivity index is 3.82. The Hall–Kier alpha value is -0.920. The maximum absolute atomic E-state index is 12.6. The molecule has 0 aliphatic carbocycles. The van der Waals surface area contributed by atoms with Crippen LogP contribution in [0.25, 0.3) is 4.13 Å². The molecule has 0 N–H and O–H groups in total. The van der Waals surface area contributed by atoms with Gasteiger partial charge in [-0.25, -0.2) is 16.8 Å². The number of rotatable bonds is 6. The molecule has 0 radical (unpaired) electrons. The predicted octanol–water partition coefficient (Wildman–Crippen LogP) is 4.08. The Morgan fingerprint density at radius 3 is 1.43 bits per heavy atom. The molecule has 0 amide bonds. The number of nitrogens with zero attached hydrogens (tertiary/aromatic N) is 1. The van der Waals surface area contributed by atoms with Crippen molar-refractivity contribution in [2.24, 2.45) is 0 Å². The average molecular weight is 361 g/mol. The van der Waals surface area contributed by atoms with Crippen LogP contribution in [0.15, 0.2) is 17.0 Å². The molecule has 1 aromatic carbocycles. The second-order valence-electron chi connectivity index (χ2n) is 6.78. The molecule has 132 valence electrons. The van der Waals surface area contributed by atoms with Gasteiger partial charge >= 0.3 is 0 Å². The van der Waals surface area contributed by atoms with E-state index in [1.165, 1.54) is 0 Å². The van der Waals surface area contributed by atoms with Crippen LogP contribution in [-0.2, 0) is 20.0 Å². The standard InChI is InChI=1S/C16H26NO4S2/c1-10(2)13-8-14(11(3)4)16(15(9-13)12(5)6)23(20,21)17-22(7,18)19/h8-12H,1-7H3/q-1. The first-order valence-corrected chi connectivity index (χ1v) is 10.9. The van der Waals surface area contributed by atoms with Gasteiger partial charge in [-0.3, -0.25) is 0 Å². The van der Waals surface area contributed by atoms with Gasteiger partial charge in [0.05, 0.1) is 14.9 Å². The Bertz CT molecular complexity index is 747. The molecule has 0 fully saturated rings. The lowest BCUT2D eigenvalue weighted by molar-refractivity contribution is 0.594. The van der Waals surface area contributed by atoms with E-state index in [9.17, 15) is 16.8 Å². The first-order valence-electron chi connectivity index (χ1n) is 7.63. The van der Waals surface area contributed by atoms with Crippen molar-refractivity contribution in [2.75, 3.05) is 6.26 Å². The number of sulfonamides is 2. The van der Waals surface area contributed by atoms with Gasteiger partial charge in [-0.1, -0.05) is 53.7 Å². The summed E-state index contributed by atoms with van der Waals surface area (Å²) in [4.78, 5) is 0.0392. The SMILES string of the molecule is CC(C)c1cc(C(C)C)c(S(=O)(=O)[N-]S(C)(=O)=O)c(C(C)C)c1. The van der Waals surface area contributed by atoms with E-state index in [2.05, 4.69) is 4.13 Å². The third-order valence-electron chi connectivity index (χ3n) is 3.57. The van der Waals surface area contributed by atoms with Crippen LogP contribution in [0.1, 0.15) is 76.0 Å². The van der Waals surface area contributed by atoms with Gasteiger partial charge in [-0.15, -0.1) is 0 Å². The van der Waals surface area contributed by atoms with Crippen LogP contribution in [0.3, 0.4) is 0 Å². The normalized spacial score (nSPS) is 13.3. The monoisotopic (exact) mass is 360 g/mol. The van der Waals surface area contributed by atoms with Crippen molar-refractivity contribution in [1.29, 1.82) is 0 Å². The van der Waals surface area contributed by atoms with E-state index in [4.69, 9.17) is 0 Å². The summed E-state index contributed by atoms with van der Waals surface area (Å²) in [5, 5.41) is 0. The van der Waals surface area contributed by atoms with Crippen LogP contribution in [0.2, 0.25) is 0 Å². The van der Waals surface area contributed by atoms with Crippen LogP contribution >= 0.6 is 0 Å². The summed E-state index contributed by atoms with van der Waals surface area (Å²) in [5.41, 5.74) is 2.27. The molecule has 1 rings (SSSR count). The summed E-state index contributed by atoms with van der Waals surface area (Å²) >= 11 is 0. The molecule has 0 atom stereocenters. The van der Waals surface area contributed by atoms with Crippen molar-refractivity contribution in [3.63, 3.8) is 0 Å². The van der Waals surface area contributed by atoms with E-state index in [0.717, 1.165) is 11.8 Å². The summed E-state index contributed by atoms with van der Waals surface area (Å²) in [6.07, 6.45) is 0.789. The van der Waals surface area contributed by atoms with Crippen LogP contribution in [-0.4, -0.2) is 23.1 Å². The predicted molar refractivity (Wildman–Crippen MR) is 94.1 cm³/mol. The van der Waals surface area contributed by atoms with E-state index >= 15 is 0 Å². The highest BCUT2D eigenvalue weighted by molar-refractivity contribution is 8.12. The van der Waals surface area contributed by atoms with Gasteiger partial charge in [0.1, 0.15) is 10.0 Å². The maximum Gasteiger partial charge on any atom is 0.112 e. The second-order valence-corrected chi connectivity index (χ2v) is 10.2. The summed E-state index contributed by atoms with van der Waals surface area (Å²) in [7, 11) is -8.28. The van der Waals surface area contributed by atoms with Crippen molar-refractivity contribution < 1.29 is 16.8 Å². The van der Waals surface area contributed by atoms with E-state index in [0.29, 0.717) is 11.1 Å². The smallest absolute Gasteiger partial charge is 0.112 e. The zero-order chi connectivity index (χ0) is 18.2. The first-order chi connectivity index (χ1) is 10.3. The Kier molecular flexibility index (Phi) is 6.04. The fourth-order valence-electron chi connectivity index (χ4n) is 2.40. The largest absolute Gasteiger partial charge is 0.432 e. The summed E-state index contributed by atoms with van der Waals surface area (Å²) in [6.45, 7) is 11.6. The van der Waals surface area contributed by atoms with E-state index in [1.807, 2.05) is 53.7 Å². The van der Waals surface area contributed by atoms with Crippen molar-refractivity contribution >= 4 is 20.0 Å². The molecule has 0 spiro atoms. The average Bonchev–Trinajstić information content (AvgIpc) is 2.33. The number of hydrogen-bond acceptors (Lipinski definition) is 4. The number of hydrogen-bond donors (Lipinski definition) is 0. The van der Waals surface area contributed by atoms with Gasteiger partial charge in [0, 0.05) is 6.26 Å². The lowest BCUT2D eigenvalue weighted by Gasteiger charge is -2.27. The third-order valence-corrected chi connectivity index (χ3v) is 6.43. The summed E-state index contributed by atoms with van der Waals surface area (Å²) in [6, 6.07) is 3.71. The molecule has 0 saturated carbocycles. The quantitative estimate of drug-likeness (QED) is 0.765. The molecular formula is C16H26NO4S2-. The van der Waals surface area contributed by atoms with Crippen LogP contribution in [0, 0.1) is 0 Å². The summed E-state index contributed by atoms with van der Waals surface area (Å²) in [5.74, 6) is 0.116. The second kappa shape index (κ2) is 6.91. The zero-order valence-corrected chi connectivity index (χ0v) is 16.4. The molecule has 23 heavy (non-hydrogen) atoms. The minimum atomic E-state index is -4.27. The molecule has 0 unspecified atom stereocenters. The van der Waals surface area contributed by atoms with Crippen molar-refractivity contribution in [3.8, 4) is 0 Å². The highest BCUT2D eigenvalue weighted by atomic mass is 32.3. The van der Waals surface area contributed by atoms with Crippen molar-refractivity contribution in [1.82, 2.24) is 0 Å². The molecule has 0 heterocycles. The van der Waals surface area contributed by atoms with Gasteiger partial charge in [0.15, 0.2) is 0 Å². The lowest BCUT2D eigenvalue weighted by atomic mass is 9.89. The van der Waals surface area contributed by atoms with Crippen molar-refractivity contribution in [2.45, 2.75) is 64.2 Å². The minimum Gasteiger partial charge on any atom is -0.432 e. The Morgan fingerprint density at radius 2 is 1.17 bits per heavy atom. The minimum absolute atomic E-state index is 0.0392. The molecule has 0 aliphatic heterocycles. The molecule has 5 nitrogen and oxygen atoms in total. The molecular weight excluding hydrogens is 334 g/mol. The van der Waals surface area contributed by atoms with Crippen LogP contribution in [0.5, 0.6) is 0 Å². The molecule has 0 aromatic heterocycles. The molecule has 1 aromatic rings. The molecule has 7 heteroatoms. The number of benzene rings is 1. The fraction of sp³-hybridized carbons (Fsp3) is 0.625. The van der Waals surface area contributed by atoms with Gasteiger partial charge < -0.3 is 4.13 Å². The van der Waals surface area contributed by atoms with Gasteiger partial charge in [0.2, 0.25) is 0 Å². The highest BCUT2D eigenvalue weighted by Crippen LogP contribution is 2.37. The van der Waals surface area contributed by atoms with E-state index < -0.39 is 20.0 Å². The molecule has 0 bridgehead atoms. The third kappa shape index (κ3) is 5.02. The molecule has 0 saturated heterocycles. The molecule has 0 aliphatic rings. The van der Waals surface area contributed by atoms with E-state index in [1.54, 1.807) is 0 Å². The Morgan fingerprint density at radius 1 is 0.783 bits per heavy atom.